The Morgan fingerprint density at radius 1 is 0.474 bits per heavy atom. The lowest BCUT2D eigenvalue weighted by Crippen LogP contribution is -2.12. The van der Waals surface area contributed by atoms with E-state index in [0.717, 1.165) is 77.0 Å². The molecule has 302 valence electrons. The first-order valence-electron chi connectivity index (χ1n) is 21.2. The molecule has 0 bridgehead atoms. The Kier molecular flexibility index (Phi) is 17.0. The Labute approximate surface area is 338 Å². The minimum Gasteiger partial charge on any atom is -0.490 e. The van der Waals surface area contributed by atoms with Gasteiger partial charge in [0, 0.05) is 11.8 Å². The van der Waals surface area contributed by atoms with Crippen LogP contribution in [0.4, 0.5) is 17.6 Å². The van der Waals surface area contributed by atoms with Crippen LogP contribution in [0.5, 0.6) is 11.5 Å². The third kappa shape index (κ3) is 12.4. The molecule has 0 heterocycles. The zero-order valence-electron chi connectivity index (χ0n) is 34.2. The molecule has 0 spiro atoms. The first kappa shape index (κ1) is 43.4. The predicted molar refractivity (Wildman–Crippen MR) is 224 cm³/mol. The number of hydrogen-bond acceptors (Lipinski definition) is 2. The van der Waals surface area contributed by atoms with Gasteiger partial charge in [0.05, 0.1) is 24.3 Å². The van der Waals surface area contributed by atoms with Gasteiger partial charge in [0.25, 0.3) is 0 Å². The lowest BCUT2D eigenvalue weighted by atomic mass is 9.78. The van der Waals surface area contributed by atoms with Crippen molar-refractivity contribution in [2.45, 2.75) is 123 Å². The van der Waals surface area contributed by atoms with Crippen molar-refractivity contribution in [3.63, 3.8) is 0 Å². The van der Waals surface area contributed by atoms with E-state index < -0.39 is 23.3 Å². The average molecular weight is 779 g/mol. The second-order valence-electron chi connectivity index (χ2n) is 15.4. The molecular weight excluding hydrogens is 721 g/mol. The monoisotopic (exact) mass is 778 g/mol. The molecule has 2 aliphatic rings. The van der Waals surface area contributed by atoms with E-state index >= 15 is 0 Å². The standard InChI is InChI=1S/C26H30F2O.C25H28F2O/c1-3-5-19-6-11-21(12-7-19)22-13-8-20(9-14-22)10-15-23-16-17-24(29-18-4-2)26(28)25(23)27;1-3-17-28-23-16-15-22(24(26)25(23)27)14-9-19-7-12-21(13-8-19)20-10-5-18(4-2)6-11-20/h6-7,11-12,16-17,20,22H,3-5,8-9,13-14,18H2,1-2H3;5-6,10-11,15-16,19,21H,3-4,7-8,12-13,17H2,1-2H3. The highest BCUT2D eigenvalue weighted by molar-refractivity contribution is 5.42. The third-order valence-corrected chi connectivity index (χ3v) is 11.1. The van der Waals surface area contributed by atoms with Crippen molar-refractivity contribution >= 4 is 0 Å². The fourth-order valence-corrected chi connectivity index (χ4v) is 7.68. The smallest absolute Gasteiger partial charge is 0.201 e. The first-order valence-corrected chi connectivity index (χ1v) is 21.2. The summed E-state index contributed by atoms with van der Waals surface area (Å²) in [5, 5.41) is 0. The average Bonchev–Trinajstić information content (AvgIpc) is 3.25. The molecule has 57 heavy (non-hydrogen) atoms. The highest BCUT2D eigenvalue weighted by atomic mass is 19.2. The van der Waals surface area contributed by atoms with Crippen LogP contribution in [0.3, 0.4) is 0 Å². The second-order valence-corrected chi connectivity index (χ2v) is 15.4. The van der Waals surface area contributed by atoms with Gasteiger partial charge in [-0.2, -0.15) is 8.78 Å². The summed E-state index contributed by atoms with van der Waals surface area (Å²) < 4.78 is 67.1. The molecule has 6 heteroatoms. The van der Waals surface area contributed by atoms with Gasteiger partial charge in [0.1, 0.15) is 0 Å². The Bertz CT molecular complexity index is 1980. The summed E-state index contributed by atoms with van der Waals surface area (Å²) in [6.07, 6.45) is 13.2. The van der Waals surface area contributed by atoms with Gasteiger partial charge in [0.2, 0.25) is 11.6 Å². The van der Waals surface area contributed by atoms with Gasteiger partial charge in [0.15, 0.2) is 23.1 Å². The van der Waals surface area contributed by atoms with E-state index in [-0.39, 0.29) is 34.5 Å². The molecule has 0 radical (unpaired) electrons. The number of ether oxygens (including phenoxy) is 2. The summed E-state index contributed by atoms with van der Waals surface area (Å²) in [6.45, 7) is 8.94. The molecule has 0 aliphatic heterocycles. The van der Waals surface area contributed by atoms with Crippen molar-refractivity contribution in [1.29, 1.82) is 0 Å². The molecule has 6 rings (SSSR count). The lowest BCUT2D eigenvalue weighted by Gasteiger charge is -2.26. The summed E-state index contributed by atoms with van der Waals surface area (Å²) in [5.74, 6) is 9.89. The van der Waals surface area contributed by atoms with E-state index in [1.165, 1.54) is 52.9 Å². The number of halogens is 4. The summed E-state index contributed by atoms with van der Waals surface area (Å²) >= 11 is 0. The van der Waals surface area contributed by atoms with Gasteiger partial charge in [-0.15, -0.1) is 0 Å². The van der Waals surface area contributed by atoms with Gasteiger partial charge in [-0.1, -0.05) is 106 Å². The van der Waals surface area contributed by atoms with Gasteiger partial charge < -0.3 is 9.47 Å². The van der Waals surface area contributed by atoms with E-state index in [2.05, 4.69) is 86.1 Å². The van der Waals surface area contributed by atoms with E-state index in [0.29, 0.717) is 25.0 Å². The van der Waals surface area contributed by atoms with Crippen LogP contribution in [0.15, 0.2) is 72.8 Å². The summed E-state index contributed by atoms with van der Waals surface area (Å²) in [4.78, 5) is 0. The zero-order chi connectivity index (χ0) is 40.6. The van der Waals surface area contributed by atoms with E-state index in [1.54, 1.807) is 0 Å². The van der Waals surface area contributed by atoms with E-state index in [9.17, 15) is 17.6 Å². The molecule has 0 atom stereocenters. The predicted octanol–water partition coefficient (Wildman–Crippen LogP) is 13.7. The van der Waals surface area contributed by atoms with Crippen LogP contribution in [-0.4, -0.2) is 13.2 Å². The Hall–Kier alpha value is -4.68. The molecule has 0 aromatic heterocycles. The van der Waals surface area contributed by atoms with Crippen LogP contribution in [0.25, 0.3) is 0 Å². The number of benzene rings is 4. The molecular formula is C51H58F4O2. The minimum absolute atomic E-state index is 0.0413. The van der Waals surface area contributed by atoms with Crippen LogP contribution in [0.2, 0.25) is 0 Å². The highest BCUT2D eigenvalue weighted by Gasteiger charge is 2.23. The van der Waals surface area contributed by atoms with Crippen LogP contribution >= 0.6 is 0 Å². The molecule has 2 nitrogen and oxygen atoms in total. The van der Waals surface area contributed by atoms with Crippen molar-refractivity contribution in [3.05, 3.63) is 129 Å². The number of hydrogen-bond donors (Lipinski definition) is 0. The quantitative estimate of drug-likeness (QED) is 0.112. The third-order valence-electron chi connectivity index (χ3n) is 11.1. The molecule has 4 aromatic rings. The van der Waals surface area contributed by atoms with Crippen LogP contribution in [-0.2, 0) is 12.8 Å². The Morgan fingerprint density at radius 3 is 1.25 bits per heavy atom. The van der Waals surface area contributed by atoms with E-state index in [4.69, 9.17) is 9.47 Å². The summed E-state index contributed by atoms with van der Waals surface area (Å²) in [7, 11) is 0. The fourth-order valence-electron chi connectivity index (χ4n) is 7.68. The highest BCUT2D eigenvalue weighted by Crippen LogP contribution is 2.37. The van der Waals surface area contributed by atoms with Crippen LogP contribution < -0.4 is 9.47 Å². The SMILES string of the molecule is CCCOc1ccc(C#CC2CCC(c3ccc(CC)cc3)CC2)c(F)c1F.CCCOc1ccc(C#CC2CCC(c3ccc(CCC)cc3)CC2)c(F)c1F. The van der Waals surface area contributed by atoms with Crippen LogP contribution in [0.1, 0.15) is 144 Å². The summed E-state index contributed by atoms with van der Waals surface area (Å²) in [6, 6.07) is 23.9. The van der Waals surface area contributed by atoms with Gasteiger partial charge in [-0.3, -0.25) is 0 Å². The maximum absolute atomic E-state index is 14.3. The maximum atomic E-state index is 14.3. The normalized spacial score (nSPS) is 18.9. The van der Waals surface area contributed by atoms with Crippen molar-refractivity contribution in [2.24, 2.45) is 11.8 Å². The van der Waals surface area contributed by atoms with Crippen molar-refractivity contribution in [1.82, 2.24) is 0 Å². The fraction of sp³-hybridized carbons (Fsp3) is 0.451. The Morgan fingerprint density at radius 2 is 0.877 bits per heavy atom. The topological polar surface area (TPSA) is 18.5 Å². The zero-order valence-corrected chi connectivity index (χ0v) is 34.2. The molecule has 0 N–H and O–H groups in total. The lowest BCUT2D eigenvalue weighted by molar-refractivity contribution is 0.295. The van der Waals surface area contributed by atoms with Crippen LogP contribution in [0, 0.1) is 58.8 Å². The molecule has 4 aromatic carbocycles. The van der Waals surface area contributed by atoms with Gasteiger partial charge in [-0.25, -0.2) is 8.78 Å². The van der Waals surface area contributed by atoms with Crippen molar-refractivity contribution in [2.75, 3.05) is 13.2 Å². The van der Waals surface area contributed by atoms with Gasteiger partial charge in [-0.05, 0) is 135 Å². The number of rotatable bonds is 11. The number of aryl methyl sites for hydroxylation is 2. The first-order chi connectivity index (χ1) is 27.7. The molecule has 0 saturated heterocycles. The summed E-state index contributed by atoms with van der Waals surface area (Å²) in [5.41, 5.74) is 5.80. The van der Waals surface area contributed by atoms with E-state index in [1.807, 2.05) is 13.8 Å². The largest absolute Gasteiger partial charge is 0.490 e. The maximum Gasteiger partial charge on any atom is 0.201 e. The second kappa shape index (κ2) is 22.3. The Balaban J connectivity index is 0.000000218. The molecule has 2 aliphatic carbocycles. The van der Waals surface area contributed by atoms with Gasteiger partial charge >= 0.3 is 0 Å². The van der Waals surface area contributed by atoms with Crippen molar-refractivity contribution in [3.8, 4) is 35.2 Å². The molecule has 0 unspecified atom stereocenters. The minimum atomic E-state index is -0.945. The molecule has 2 saturated carbocycles. The molecule has 0 amide bonds. The molecule has 2 fully saturated rings. The van der Waals surface area contributed by atoms with Crippen molar-refractivity contribution < 1.29 is 27.0 Å².